The van der Waals surface area contributed by atoms with E-state index < -0.39 is 5.92 Å². The molecule has 2 aromatic rings. The number of rotatable bonds is 5. The largest absolute Gasteiger partial charge is 0.352 e. The standard InChI is InChI=1S/C26H25N3O2S/c1-16-7-5-9-18(13-16)28-23(31)15-32-26-20(14-27)24(19-10-4-3-8-17(19)2)25-21(29-26)11-6-12-22(25)30/h3-5,7-10,13,24,29H,6,11-12,15H2,1-2H3,(H,28,31)/t24-/m0/s1. The third-order valence-electron chi connectivity index (χ3n) is 5.81. The van der Waals surface area contributed by atoms with E-state index >= 15 is 0 Å². The zero-order valence-electron chi connectivity index (χ0n) is 18.2. The Morgan fingerprint density at radius 2 is 2.00 bits per heavy atom. The van der Waals surface area contributed by atoms with Gasteiger partial charge in [0, 0.05) is 23.4 Å². The summed E-state index contributed by atoms with van der Waals surface area (Å²) in [6, 6.07) is 17.9. The van der Waals surface area contributed by atoms with Crippen LogP contribution in [-0.4, -0.2) is 17.4 Å². The number of allylic oxidation sites excluding steroid dienone is 3. The molecular weight excluding hydrogens is 418 g/mol. The molecule has 2 aliphatic rings. The number of anilines is 1. The summed E-state index contributed by atoms with van der Waals surface area (Å²) < 4.78 is 0. The molecule has 1 heterocycles. The van der Waals surface area contributed by atoms with E-state index in [0.29, 0.717) is 22.6 Å². The third-order valence-corrected chi connectivity index (χ3v) is 6.83. The summed E-state index contributed by atoms with van der Waals surface area (Å²) in [7, 11) is 0. The molecule has 0 radical (unpaired) electrons. The first-order valence-corrected chi connectivity index (χ1v) is 11.7. The lowest BCUT2D eigenvalue weighted by Gasteiger charge is -2.33. The average Bonchev–Trinajstić information content (AvgIpc) is 2.77. The fourth-order valence-corrected chi connectivity index (χ4v) is 5.18. The van der Waals surface area contributed by atoms with Gasteiger partial charge in [-0.05, 0) is 55.5 Å². The molecule has 0 saturated carbocycles. The number of aryl methyl sites for hydroxylation is 2. The fraction of sp³-hybridized carbons (Fsp3) is 0.269. The van der Waals surface area contributed by atoms with Crippen LogP contribution in [0.1, 0.15) is 41.9 Å². The van der Waals surface area contributed by atoms with Gasteiger partial charge in [-0.3, -0.25) is 9.59 Å². The number of nitriles is 1. The fourth-order valence-electron chi connectivity index (χ4n) is 4.32. The van der Waals surface area contributed by atoms with Gasteiger partial charge in [0.25, 0.3) is 0 Å². The van der Waals surface area contributed by atoms with Gasteiger partial charge in [0.1, 0.15) is 0 Å². The summed E-state index contributed by atoms with van der Waals surface area (Å²) in [4.78, 5) is 25.5. The molecule has 162 valence electrons. The highest BCUT2D eigenvalue weighted by atomic mass is 32.2. The van der Waals surface area contributed by atoms with Gasteiger partial charge in [0.2, 0.25) is 5.91 Å². The highest BCUT2D eigenvalue weighted by Crippen LogP contribution is 2.44. The number of nitrogens with one attached hydrogen (secondary N) is 2. The summed E-state index contributed by atoms with van der Waals surface area (Å²) >= 11 is 1.31. The van der Waals surface area contributed by atoms with Gasteiger partial charge in [-0.1, -0.05) is 48.2 Å². The van der Waals surface area contributed by atoms with Crippen LogP contribution in [-0.2, 0) is 9.59 Å². The monoisotopic (exact) mass is 443 g/mol. The van der Waals surface area contributed by atoms with Gasteiger partial charge in [0.15, 0.2) is 5.78 Å². The van der Waals surface area contributed by atoms with Gasteiger partial charge in [0.05, 0.1) is 28.3 Å². The van der Waals surface area contributed by atoms with Gasteiger partial charge in [-0.25, -0.2) is 0 Å². The molecule has 0 saturated heterocycles. The summed E-state index contributed by atoms with van der Waals surface area (Å²) in [6.45, 7) is 3.98. The molecular formula is C26H25N3O2S. The van der Waals surface area contributed by atoms with Gasteiger partial charge < -0.3 is 10.6 Å². The number of carbonyl (C=O) groups is 2. The van der Waals surface area contributed by atoms with E-state index in [1.54, 1.807) is 0 Å². The van der Waals surface area contributed by atoms with Crippen LogP contribution in [0.2, 0.25) is 0 Å². The molecule has 0 unspecified atom stereocenters. The summed E-state index contributed by atoms with van der Waals surface area (Å²) in [5.41, 5.74) is 5.92. The number of thioether (sulfide) groups is 1. The smallest absolute Gasteiger partial charge is 0.234 e. The van der Waals surface area contributed by atoms with Crippen molar-refractivity contribution in [1.82, 2.24) is 5.32 Å². The number of dihydropyridines is 1. The third kappa shape index (κ3) is 4.49. The maximum absolute atomic E-state index is 12.9. The molecule has 6 heteroatoms. The second kappa shape index (κ2) is 9.46. The van der Waals surface area contributed by atoms with Crippen molar-refractivity contribution in [3.63, 3.8) is 0 Å². The van der Waals surface area contributed by atoms with E-state index in [4.69, 9.17) is 0 Å². The van der Waals surface area contributed by atoms with Crippen LogP contribution in [0.3, 0.4) is 0 Å². The molecule has 32 heavy (non-hydrogen) atoms. The van der Waals surface area contributed by atoms with Crippen molar-refractivity contribution < 1.29 is 9.59 Å². The molecule has 1 aliphatic carbocycles. The van der Waals surface area contributed by atoms with Crippen LogP contribution in [0.25, 0.3) is 0 Å². The normalized spacial score (nSPS) is 18.0. The molecule has 5 nitrogen and oxygen atoms in total. The van der Waals surface area contributed by atoms with Crippen LogP contribution in [0.15, 0.2) is 70.4 Å². The number of benzene rings is 2. The first kappa shape index (κ1) is 21.9. The van der Waals surface area contributed by atoms with Crippen molar-refractivity contribution >= 4 is 29.1 Å². The number of carbonyl (C=O) groups excluding carboxylic acids is 2. The van der Waals surface area contributed by atoms with E-state index in [1.807, 2.05) is 62.4 Å². The van der Waals surface area contributed by atoms with Crippen LogP contribution in [0, 0.1) is 25.2 Å². The van der Waals surface area contributed by atoms with Gasteiger partial charge in [-0.2, -0.15) is 5.26 Å². The molecule has 0 bridgehead atoms. The predicted octanol–water partition coefficient (Wildman–Crippen LogP) is 5.10. The molecule has 2 aromatic carbocycles. The minimum atomic E-state index is -0.396. The molecule has 1 amide bonds. The highest BCUT2D eigenvalue weighted by molar-refractivity contribution is 8.03. The highest BCUT2D eigenvalue weighted by Gasteiger charge is 2.37. The Hall–Kier alpha value is -3.30. The quantitative estimate of drug-likeness (QED) is 0.671. The van der Waals surface area contributed by atoms with E-state index in [2.05, 4.69) is 16.7 Å². The number of nitrogens with zero attached hydrogens (tertiary/aromatic N) is 1. The lowest BCUT2D eigenvalue weighted by Crippen LogP contribution is -2.32. The molecule has 0 fully saturated rings. The van der Waals surface area contributed by atoms with E-state index in [-0.39, 0.29) is 17.4 Å². The Bertz CT molecular complexity index is 1190. The van der Waals surface area contributed by atoms with Crippen molar-refractivity contribution in [3.8, 4) is 6.07 Å². The van der Waals surface area contributed by atoms with Crippen LogP contribution in [0.4, 0.5) is 5.69 Å². The Morgan fingerprint density at radius 3 is 2.75 bits per heavy atom. The average molecular weight is 444 g/mol. The van der Waals surface area contributed by atoms with Crippen molar-refractivity contribution in [3.05, 3.63) is 87.1 Å². The van der Waals surface area contributed by atoms with Crippen LogP contribution in [0.5, 0.6) is 0 Å². The Balaban J connectivity index is 1.63. The van der Waals surface area contributed by atoms with Crippen LogP contribution < -0.4 is 10.6 Å². The zero-order chi connectivity index (χ0) is 22.7. The Labute approximate surface area is 192 Å². The first-order valence-electron chi connectivity index (χ1n) is 10.7. The zero-order valence-corrected chi connectivity index (χ0v) is 19.0. The summed E-state index contributed by atoms with van der Waals surface area (Å²) in [5.74, 6) is -0.272. The molecule has 0 spiro atoms. The predicted molar refractivity (Wildman–Crippen MR) is 128 cm³/mol. The second-order valence-corrected chi connectivity index (χ2v) is 9.13. The summed E-state index contributed by atoms with van der Waals surface area (Å²) in [5, 5.41) is 17.0. The van der Waals surface area contributed by atoms with Crippen molar-refractivity contribution in [1.29, 1.82) is 5.26 Å². The number of amides is 1. The Morgan fingerprint density at radius 1 is 1.19 bits per heavy atom. The topological polar surface area (TPSA) is 82.0 Å². The van der Waals surface area contributed by atoms with E-state index in [1.165, 1.54) is 11.8 Å². The van der Waals surface area contributed by atoms with Crippen molar-refractivity contribution in [2.75, 3.05) is 11.1 Å². The number of hydrogen-bond acceptors (Lipinski definition) is 5. The van der Waals surface area contributed by atoms with E-state index in [9.17, 15) is 14.9 Å². The van der Waals surface area contributed by atoms with E-state index in [0.717, 1.165) is 40.9 Å². The minimum Gasteiger partial charge on any atom is -0.352 e. The SMILES string of the molecule is Cc1cccc(NC(=O)CSC2=C(C#N)[C@H](c3ccccc3C)C3=C(CCCC3=O)N2)c1. The molecule has 2 N–H and O–H groups in total. The maximum Gasteiger partial charge on any atom is 0.234 e. The van der Waals surface area contributed by atoms with Crippen molar-refractivity contribution in [2.24, 2.45) is 0 Å². The summed E-state index contributed by atoms with van der Waals surface area (Å²) in [6.07, 6.45) is 2.06. The molecule has 4 rings (SSSR count). The minimum absolute atomic E-state index is 0.0981. The van der Waals surface area contributed by atoms with Crippen LogP contribution >= 0.6 is 11.8 Å². The molecule has 1 atom stereocenters. The number of ketones is 1. The lowest BCUT2D eigenvalue weighted by atomic mass is 9.76. The number of Topliss-reactive ketones (excluding diaryl/α,β-unsaturated/α-hetero) is 1. The van der Waals surface area contributed by atoms with Crippen molar-refractivity contribution in [2.45, 2.75) is 39.0 Å². The van der Waals surface area contributed by atoms with Gasteiger partial charge >= 0.3 is 0 Å². The maximum atomic E-state index is 12.9. The molecule has 1 aliphatic heterocycles. The Kier molecular flexibility index (Phi) is 6.48. The first-order chi connectivity index (χ1) is 15.5. The van der Waals surface area contributed by atoms with Gasteiger partial charge in [-0.15, -0.1) is 0 Å². The second-order valence-electron chi connectivity index (χ2n) is 8.14. The molecule has 0 aromatic heterocycles. The lowest BCUT2D eigenvalue weighted by molar-refractivity contribution is -0.116. The number of hydrogen-bond donors (Lipinski definition) is 2.